The van der Waals surface area contributed by atoms with Crippen LogP contribution in [0.5, 0.6) is 11.5 Å². The molecular formula is C15H20N2O3. The lowest BCUT2D eigenvalue weighted by molar-refractivity contribution is 0.200. The molecule has 5 heteroatoms. The van der Waals surface area contributed by atoms with Gasteiger partial charge in [0.25, 0.3) is 0 Å². The Bertz CT molecular complexity index is 498. The molecule has 1 heterocycles. The van der Waals surface area contributed by atoms with Crippen molar-refractivity contribution in [3.8, 4) is 11.5 Å². The van der Waals surface area contributed by atoms with E-state index in [9.17, 15) is 4.79 Å². The van der Waals surface area contributed by atoms with Crippen LogP contribution in [-0.2, 0) is 0 Å². The third kappa shape index (κ3) is 2.66. The molecule has 2 aliphatic rings. The van der Waals surface area contributed by atoms with Crippen molar-refractivity contribution in [2.24, 2.45) is 0 Å². The maximum Gasteiger partial charge on any atom is 0.315 e. The second kappa shape index (κ2) is 5.61. The van der Waals surface area contributed by atoms with E-state index in [2.05, 4.69) is 10.6 Å². The van der Waals surface area contributed by atoms with Crippen LogP contribution in [0.4, 0.5) is 4.79 Å². The van der Waals surface area contributed by atoms with E-state index >= 15 is 0 Å². The van der Waals surface area contributed by atoms with Gasteiger partial charge < -0.3 is 20.1 Å². The number of ether oxygens (including phenoxy) is 2. The second-order valence-electron chi connectivity index (χ2n) is 5.34. The van der Waals surface area contributed by atoms with Crippen LogP contribution in [0.15, 0.2) is 18.2 Å². The SMILES string of the molecule is COc1ccc([C@H]2CNC(=O)N2)cc1OC1CCCC1. The maximum absolute atomic E-state index is 11.2. The van der Waals surface area contributed by atoms with E-state index in [1.165, 1.54) is 12.8 Å². The van der Waals surface area contributed by atoms with Gasteiger partial charge in [0.05, 0.1) is 19.3 Å². The van der Waals surface area contributed by atoms with E-state index in [1.54, 1.807) is 7.11 Å². The van der Waals surface area contributed by atoms with Crippen LogP contribution in [0.1, 0.15) is 37.3 Å². The molecule has 0 unspecified atom stereocenters. The third-order valence-electron chi connectivity index (χ3n) is 3.96. The normalized spacial score (nSPS) is 22.4. The lowest BCUT2D eigenvalue weighted by atomic mass is 10.1. The molecule has 2 N–H and O–H groups in total. The minimum absolute atomic E-state index is 0.000616. The number of benzene rings is 1. The molecular weight excluding hydrogens is 256 g/mol. The molecule has 1 aromatic rings. The minimum Gasteiger partial charge on any atom is -0.493 e. The average Bonchev–Trinajstić information content (AvgIpc) is 3.10. The lowest BCUT2D eigenvalue weighted by Gasteiger charge is -2.18. The summed E-state index contributed by atoms with van der Waals surface area (Å²) < 4.78 is 11.4. The van der Waals surface area contributed by atoms with Gasteiger partial charge in [-0.15, -0.1) is 0 Å². The molecule has 3 rings (SSSR count). The minimum atomic E-state index is -0.121. The quantitative estimate of drug-likeness (QED) is 0.887. The highest BCUT2D eigenvalue weighted by Gasteiger charge is 2.24. The number of hydrogen-bond donors (Lipinski definition) is 2. The van der Waals surface area contributed by atoms with Crippen molar-refractivity contribution in [3.05, 3.63) is 23.8 Å². The van der Waals surface area contributed by atoms with E-state index in [0.717, 1.165) is 29.9 Å². The summed E-state index contributed by atoms with van der Waals surface area (Å²) in [4.78, 5) is 11.2. The van der Waals surface area contributed by atoms with Gasteiger partial charge in [-0.1, -0.05) is 6.07 Å². The van der Waals surface area contributed by atoms with E-state index in [1.807, 2.05) is 18.2 Å². The predicted molar refractivity (Wildman–Crippen MR) is 75.2 cm³/mol. The van der Waals surface area contributed by atoms with Crippen LogP contribution in [0.2, 0.25) is 0 Å². The largest absolute Gasteiger partial charge is 0.493 e. The predicted octanol–water partition coefficient (Wildman–Crippen LogP) is 2.37. The highest BCUT2D eigenvalue weighted by molar-refractivity contribution is 5.77. The molecule has 20 heavy (non-hydrogen) atoms. The van der Waals surface area contributed by atoms with Gasteiger partial charge in [0.2, 0.25) is 0 Å². The molecule has 1 saturated carbocycles. The second-order valence-corrected chi connectivity index (χ2v) is 5.34. The first-order valence-corrected chi connectivity index (χ1v) is 7.15. The molecule has 1 aliphatic heterocycles. The van der Waals surface area contributed by atoms with Crippen LogP contribution in [0, 0.1) is 0 Å². The van der Waals surface area contributed by atoms with Crippen molar-refractivity contribution in [3.63, 3.8) is 0 Å². The summed E-state index contributed by atoms with van der Waals surface area (Å²) in [6, 6.07) is 5.74. The number of methoxy groups -OCH3 is 1. The fourth-order valence-corrected chi connectivity index (χ4v) is 2.84. The van der Waals surface area contributed by atoms with Crippen LogP contribution in [0.3, 0.4) is 0 Å². The highest BCUT2D eigenvalue weighted by Crippen LogP contribution is 2.34. The van der Waals surface area contributed by atoms with Gasteiger partial charge in [0.1, 0.15) is 0 Å². The van der Waals surface area contributed by atoms with E-state index in [-0.39, 0.29) is 18.2 Å². The topological polar surface area (TPSA) is 59.6 Å². The molecule has 2 fully saturated rings. The molecule has 1 atom stereocenters. The number of amides is 2. The summed E-state index contributed by atoms with van der Waals surface area (Å²) in [6.07, 6.45) is 4.96. The Labute approximate surface area is 118 Å². The van der Waals surface area contributed by atoms with Gasteiger partial charge in [0, 0.05) is 6.54 Å². The molecule has 0 radical (unpaired) electrons. The summed E-state index contributed by atoms with van der Waals surface area (Å²) in [5.74, 6) is 1.52. The van der Waals surface area contributed by atoms with Gasteiger partial charge in [0.15, 0.2) is 11.5 Å². The number of rotatable bonds is 4. The number of urea groups is 1. The van der Waals surface area contributed by atoms with E-state index in [0.29, 0.717) is 6.54 Å². The summed E-state index contributed by atoms with van der Waals surface area (Å²) >= 11 is 0. The monoisotopic (exact) mass is 276 g/mol. The fourth-order valence-electron chi connectivity index (χ4n) is 2.84. The van der Waals surface area contributed by atoms with Crippen molar-refractivity contribution < 1.29 is 14.3 Å². The molecule has 1 saturated heterocycles. The summed E-state index contributed by atoms with van der Waals surface area (Å²) in [7, 11) is 1.65. The number of carbonyl (C=O) groups excluding carboxylic acids is 1. The number of hydrogen-bond acceptors (Lipinski definition) is 3. The van der Waals surface area contributed by atoms with Crippen molar-refractivity contribution in [2.75, 3.05) is 13.7 Å². The average molecular weight is 276 g/mol. The molecule has 0 bridgehead atoms. The fraction of sp³-hybridized carbons (Fsp3) is 0.533. The maximum atomic E-state index is 11.2. The first kappa shape index (κ1) is 13.1. The van der Waals surface area contributed by atoms with Gasteiger partial charge in [-0.05, 0) is 43.4 Å². The van der Waals surface area contributed by atoms with Crippen LogP contribution in [-0.4, -0.2) is 25.8 Å². The van der Waals surface area contributed by atoms with Gasteiger partial charge in [-0.25, -0.2) is 4.79 Å². The summed E-state index contributed by atoms with van der Waals surface area (Å²) in [5, 5.41) is 5.65. The zero-order valence-electron chi connectivity index (χ0n) is 11.6. The molecule has 108 valence electrons. The summed E-state index contributed by atoms with van der Waals surface area (Å²) in [6.45, 7) is 0.605. The smallest absolute Gasteiger partial charge is 0.315 e. The molecule has 0 aromatic heterocycles. The third-order valence-corrected chi connectivity index (χ3v) is 3.96. The van der Waals surface area contributed by atoms with E-state index < -0.39 is 0 Å². The van der Waals surface area contributed by atoms with Gasteiger partial charge in [-0.2, -0.15) is 0 Å². The highest BCUT2D eigenvalue weighted by atomic mass is 16.5. The Morgan fingerprint density at radius 2 is 2.00 bits per heavy atom. The van der Waals surface area contributed by atoms with Crippen LogP contribution >= 0.6 is 0 Å². The first-order valence-electron chi connectivity index (χ1n) is 7.15. The molecule has 2 amide bonds. The summed E-state index contributed by atoms with van der Waals surface area (Å²) in [5.41, 5.74) is 1.04. The first-order chi connectivity index (χ1) is 9.76. The van der Waals surface area contributed by atoms with Gasteiger partial charge >= 0.3 is 6.03 Å². The van der Waals surface area contributed by atoms with Crippen molar-refractivity contribution in [1.82, 2.24) is 10.6 Å². The number of nitrogens with one attached hydrogen (secondary N) is 2. The lowest BCUT2D eigenvalue weighted by Crippen LogP contribution is -2.21. The molecule has 1 aliphatic carbocycles. The Hall–Kier alpha value is -1.91. The van der Waals surface area contributed by atoms with Crippen LogP contribution in [0.25, 0.3) is 0 Å². The van der Waals surface area contributed by atoms with Crippen molar-refractivity contribution in [2.45, 2.75) is 37.8 Å². The standard InChI is InChI=1S/C15H20N2O3/c1-19-13-7-6-10(12-9-16-15(18)17-12)8-14(13)20-11-4-2-3-5-11/h6-8,11-12H,2-5,9H2,1H3,(H2,16,17,18)/t12-/m1/s1. The molecule has 1 aromatic carbocycles. The van der Waals surface area contributed by atoms with Crippen LogP contribution < -0.4 is 20.1 Å². The van der Waals surface area contributed by atoms with Crippen molar-refractivity contribution in [1.29, 1.82) is 0 Å². The van der Waals surface area contributed by atoms with Gasteiger partial charge in [-0.3, -0.25) is 0 Å². The Morgan fingerprint density at radius 1 is 1.20 bits per heavy atom. The Balaban J connectivity index is 1.80. The zero-order valence-corrected chi connectivity index (χ0v) is 11.6. The molecule has 0 spiro atoms. The Morgan fingerprint density at radius 3 is 2.65 bits per heavy atom. The number of carbonyl (C=O) groups is 1. The van der Waals surface area contributed by atoms with Crippen molar-refractivity contribution >= 4 is 6.03 Å². The zero-order chi connectivity index (χ0) is 13.9. The molecule has 5 nitrogen and oxygen atoms in total. The Kier molecular flexibility index (Phi) is 3.67. The van der Waals surface area contributed by atoms with E-state index in [4.69, 9.17) is 9.47 Å².